The summed E-state index contributed by atoms with van der Waals surface area (Å²) in [5.41, 5.74) is 0.248. The molecular formula is C18H25N3O4S. The topological polar surface area (TPSA) is 90.7 Å². The molecule has 142 valence electrons. The second-order valence-electron chi connectivity index (χ2n) is 7.41. The van der Waals surface area contributed by atoms with Crippen LogP contribution in [0, 0.1) is 11.3 Å². The van der Waals surface area contributed by atoms with Crippen molar-refractivity contribution < 1.29 is 17.9 Å². The van der Waals surface area contributed by atoms with Crippen molar-refractivity contribution in [2.24, 2.45) is 0 Å². The fourth-order valence-corrected chi connectivity index (χ4v) is 4.67. The van der Waals surface area contributed by atoms with Gasteiger partial charge in [-0.25, -0.2) is 13.2 Å². The van der Waals surface area contributed by atoms with Crippen molar-refractivity contribution in [3.63, 3.8) is 0 Å². The predicted octanol–water partition coefficient (Wildman–Crippen LogP) is 2.33. The summed E-state index contributed by atoms with van der Waals surface area (Å²) in [6.45, 7) is 7.90. The zero-order valence-corrected chi connectivity index (χ0v) is 16.4. The molecule has 0 bridgehead atoms. The van der Waals surface area contributed by atoms with E-state index >= 15 is 0 Å². The molecule has 26 heavy (non-hydrogen) atoms. The first kappa shape index (κ1) is 20.2. The lowest BCUT2D eigenvalue weighted by Gasteiger charge is -2.39. The van der Waals surface area contributed by atoms with Crippen LogP contribution >= 0.6 is 0 Å². The van der Waals surface area contributed by atoms with Crippen LogP contribution in [0.2, 0.25) is 0 Å². The maximum atomic E-state index is 12.8. The Morgan fingerprint density at radius 1 is 1.31 bits per heavy atom. The summed E-state index contributed by atoms with van der Waals surface area (Å²) < 4.78 is 32.4. The smallest absolute Gasteiger partial charge is 0.410 e. The summed E-state index contributed by atoms with van der Waals surface area (Å²) >= 11 is 0. The standard InChI is InChI=1S/C18H25N3O4S/c1-14-12-20(17(22)25-18(2,3)4)9-10-21(14)26(23,24)13-16-8-6-5-7-15(16)11-19/h5-8,14H,9-10,12-13H2,1-4H3/t14-/m0/s1. The summed E-state index contributed by atoms with van der Waals surface area (Å²) in [5.74, 6) is -0.229. The Kier molecular flexibility index (Phi) is 5.94. The van der Waals surface area contributed by atoms with E-state index in [0.29, 0.717) is 11.1 Å². The number of hydrogen-bond donors (Lipinski definition) is 0. The average molecular weight is 379 g/mol. The molecule has 1 aliphatic rings. The Morgan fingerprint density at radius 2 is 1.96 bits per heavy atom. The van der Waals surface area contributed by atoms with Gasteiger partial charge in [-0.3, -0.25) is 0 Å². The third-order valence-electron chi connectivity index (χ3n) is 4.05. The van der Waals surface area contributed by atoms with Gasteiger partial charge < -0.3 is 9.64 Å². The van der Waals surface area contributed by atoms with Gasteiger partial charge in [0, 0.05) is 25.7 Å². The lowest BCUT2D eigenvalue weighted by Crippen LogP contribution is -2.56. The number of carbonyl (C=O) groups is 1. The molecule has 1 saturated heterocycles. The molecule has 1 aromatic rings. The van der Waals surface area contributed by atoms with E-state index in [1.807, 2.05) is 6.07 Å². The van der Waals surface area contributed by atoms with Crippen LogP contribution in [0.5, 0.6) is 0 Å². The molecular weight excluding hydrogens is 354 g/mol. The van der Waals surface area contributed by atoms with Crippen LogP contribution in [0.15, 0.2) is 24.3 Å². The van der Waals surface area contributed by atoms with Crippen LogP contribution in [-0.2, 0) is 20.5 Å². The van der Waals surface area contributed by atoms with Gasteiger partial charge in [0.15, 0.2) is 0 Å². The van der Waals surface area contributed by atoms with Crippen LogP contribution in [-0.4, -0.2) is 55.0 Å². The molecule has 0 radical (unpaired) electrons. The first-order valence-corrected chi connectivity index (χ1v) is 10.1. The Hall–Kier alpha value is -2.11. The normalized spacial score (nSPS) is 19.0. The minimum absolute atomic E-state index is 0.206. The molecule has 0 N–H and O–H groups in total. The Bertz CT molecular complexity index is 808. The largest absolute Gasteiger partial charge is 0.444 e. The van der Waals surface area contributed by atoms with E-state index in [1.165, 1.54) is 9.21 Å². The number of nitriles is 1. The second-order valence-corrected chi connectivity index (χ2v) is 9.33. The van der Waals surface area contributed by atoms with E-state index in [4.69, 9.17) is 10.00 Å². The van der Waals surface area contributed by atoms with E-state index < -0.39 is 21.7 Å². The van der Waals surface area contributed by atoms with E-state index in [0.717, 1.165) is 0 Å². The minimum Gasteiger partial charge on any atom is -0.444 e. The number of sulfonamides is 1. The van der Waals surface area contributed by atoms with Gasteiger partial charge in [-0.05, 0) is 39.3 Å². The van der Waals surface area contributed by atoms with Gasteiger partial charge in [-0.1, -0.05) is 18.2 Å². The van der Waals surface area contributed by atoms with Crippen molar-refractivity contribution in [1.29, 1.82) is 5.26 Å². The van der Waals surface area contributed by atoms with Crippen LogP contribution in [0.1, 0.15) is 38.8 Å². The molecule has 0 saturated carbocycles. The summed E-state index contributed by atoms with van der Waals surface area (Å²) in [7, 11) is -3.60. The summed E-state index contributed by atoms with van der Waals surface area (Å²) in [6, 6.07) is 8.34. The molecule has 0 aromatic heterocycles. The summed E-state index contributed by atoms with van der Waals surface area (Å²) in [4.78, 5) is 13.7. The molecule has 0 spiro atoms. The van der Waals surface area contributed by atoms with E-state index in [-0.39, 0.29) is 31.4 Å². The number of nitrogens with zero attached hydrogens (tertiary/aromatic N) is 3. The fraction of sp³-hybridized carbons (Fsp3) is 0.556. The minimum atomic E-state index is -3.60. The zero-order chi connectivity index (χ0) is 19.5. The van der Waals surface area contributed by atoms with Crippen molar-refractivity contribution in [2.75, 3.05) is 19.6 Å². The molecule has 0 unspecified atom stereocenters. The number of carbonyl (C=O) groups excluding carboxylic acids is 1. The molecule has 0 aliphatic carbocycles. The monoisotopic (exact) mass is 379 g/mol. The molecule has 1 heterocycles. The van der Waals surface area contributed by atoms with Crippen LogP contribution in [0.25, 0.3) is 0 Å². The highest BCUT2D eigenvalue weighted by molar-refractivity contribution is 7.88. The first-order chi connectivity index (χ1) is 12.0. The molecule has 1 amide bonds. The van der Waals surface area contributed by atoms with E-state index in [2.05, 4.69) is 0 Å². The maximum absolute atomic E-state index is 12.8. The summed E-state index contributed by atoms with van der Waals surface area (Å²) in [5, 5.41) is 9.15. The number of rotatable bonds is 3. The predicted molar refractivity (Wildman–Crippen MR) is 97.8 cm³/mol. The fourth-order valence-electron chi connectivity index (χ4n) is 2.88. The average Bonchev–Trinajstić information content (AvgIpc) is 2.53. The highest BCUT2D eigenvalue weighted by Gasteiger charge is 2.35. The van der Waals surface area contributed by atoms with Gasteiger partial charge in [0.2, 0.25) is 10.0 Å². The quantitative estimate of drug-likeness (QED) is 0.804. The number of piperazine rings is 1. The van der Waals surface area contributed by atoms with Crippen LogP contribution in [0.3, 0.4) is 0 Å². The Balaban J connectivity index is 2.08. The van der Waals surface area contributed by atoms with Crippen molar-refractivity contribution in [2.45, 2.75) is 45.1 Å². The van der Waals surface area contributed by atoms with Gasteiger partial charge >= 0.3 is 6.09 Å². The summed E-state index contributed by atoms with van der Waals surface area (Å²) in [6.07, 6.45) is -0.434. The highest BCUT2D eigenvalue weighted by Crippen LogP contribution is 2.21. The molecule has 7 nitrogen and oxygen atoms in total. The molecule has 1 aliphatic heterocycles. The van der Waals surface area contributed by atoms with Crippen molar-refractivity contribution in [1.82, 2.24) is 9.21 Å². The third kappa shape index (κ3) is 4.96. The van der Waals surface area contributed by atoms with Crippen molar-refractivity contribution in [3.05, 3.63) is 35.4 Å². The molecule has 2 rings (SSSR count). The van der Waals surface area contributed by atoms with Gasteiger partial charge in [0.05, 0.1) is 17.4 Å². The van der Waals surface area contributed by atoms with Crippen LogP contribution in [0.4, 0.5) is 4.79 Å². The van der Waals surface area contributed by atoms with Crippen molar-refractivity contribution >= 4 is 16.1 Å². The van der Waals surface area contributed by atoms with Gasteiger partial charge in [0.25, 0.3) is 0 Å². The SMILES string of the molecule is C[C@H]1CN(C(=O)OC(C)(C)C)CCN1S(=O)(=O)Cc1ccccc1C#N. The molecule has 8 heteroatoms. The number of ether oxygens (including phenoxy) is 1. The molecule has 1 fully saturated rings. The molecule has 1 aromatic carbocycles. The number of hydrogen-bond acceptors (Lipinski definition) is 5. The Labute approximate surface area is 155 Å². The van der Waals surface area contributed by atoms with Gasteiger partial charge in [-0.2, -0.15) is 9.57 Å². The van der Waals surface area contributed by atoms with Crippen LogP contribution < -0.4 is 0 Å². The van der Waals surface area contributed by atoms with Gasteiger partial charge in [0.1, 0.15) is 5.60 Å². The zero-order valence-electron chi connectivity index (χ0n) is 15.6. The van der Waals surface area contributed by atoms with E-state index in [9.17, 15) is 13.2 Å². The Morgan fingerprint density at radius 3 is 2.54 bits per heavy atom. The lowest BCUT2D eigenvalue weighted by atomic mass is 10.1. The first-order valence-electron chi connectivity index (χ1n) is 8.49. The second kappa shape index (κ2) is 7.64. The molecule has 1 atom stereocenters. The third-order valence-corrected chi connectivity index (χ3v) is 5.98. The van der Waals surface area contributed by atoms with Crippen molar-refractivity contribution in [3.8, 4) is 6.07 Å². The maximum Gasteiger partial charge on any atom is 0.410 e. The lowest BCUT2D eigenvalue weighted by molar-refractivity contribution is 0.0143. The number of benzene rings is 1. The van der Waals surface area contributed by atoms with E-state index in [1.54, 1.807) is 52.0 Å². The highest BCUT2D eigenvalue weighted by atomic mass is 32.2. The number of amides is 1. The van der Waals surface area contributed by atoms with Gasteiger partial charge in [-0.15, -0.1) is 0 Å².